The van der Waals surface area contributed by atoms with Gasteiger partial charge < -0.3 is 10.5 Å². The van der Waals surface area contributed by atoms with Crippen LogP contribution in [0.2, 0.25) is 25.7 Å². The number of nitrogens with two attached hydrogens (primary N) is 1. The summed E-state index contributed by atoms with van der Waals surface area (Å²) in [5.41, 5.74) is 6.69. The molecule has 0 bridgehead atoms. The number of nitrogens with zero attached hydrogens (tertiary/aromatic N) is 3. The molecule has 0 saturated heterocycles. The number of anilines is 1. The lowest BCUT2D eigenvalue weighted by atomic mass is 10.4. The van der Waals surface area contributed by atoms with E-state index in [9.17, 15) is 0 Å². The minimum Gasteiger partial charge on any atom is -0.383 e. The first-order chi connectivity index (χ1) is 8.88. The largest absolute Gasteiger partial charge is 0.383 e. The van der Waals surface area contributed by atoms with Gasteiger partial charge in [0.25, 0.3) is 0 Å². The summed E-state index contributed by atoms with van der Waals surface area (Å²) in [7, 11) is -1.04. The minimum absolute atomic E-state index is 0.517. The monoisotopic (exact) mass is 390 g/mol. The highest BCUT2D eigenvalue weighted by Gasteiger charge is 2.13. The topological polar surface area (TPSA) is 66.0 Å². The van der Waals surface area contributed by atoms with Crippen molar-refractivity contribution in [3.63, 3.8) is 0 Å². The van der Waals surface area contributed by atoms with Crippen molar-refractivity contribution in [2.75, 3.05) is 12.3 Å². The first kappa shape index (κ1) is 14.7. The van der Waals surface area contributed by atoms with E-state index in [-0.39, 0.29) is 0 Å². The summed E-state index contributed by atoms with van der Waals surface area (Å²) in [4.78, 5) is 8.29. The fraction of sp³-hybridized carbons (Fsp3) is 0.500. The first-order valence-corrected chi connectivity index (χ1v) is 11.0. The fourth-order valence-electron chi connectivity index (χ4n) is 1.71. The van der Waals surface area contributed by atoms with Gasteiger partial charge in [-0.2, -0.15) is 0 Å². The van der Waals surface area contributed by atoms with Gasteiger partial charge in [-0.1, -0.05) is 19.6 Å². The zero-order valence-corrected chi connectivity index (χ0v) is 14.6. The second-order valence-corrected chi connectivity index (χ2v) is 12.5. The van der Waals surface area contributed by atoms with Gasteiger partial charge >= 0.3 is 0 Å². The second-order valence-electron chi connectivity index (χ2n) is 5.74. The molecule has 0 saturated carbocycles. The lowest BCUT2D eigenvalue weighted by molar-refractivity contribution is 0.0883. The number of hydrogen-bond donors (Lipinski definition) is 1. The van der Waals surface area contributed by atoms with Crippen LogP contribution in [0, 0.1) is 3.70 Å². The van der Waals surface area contributed by atoms with Gasteiger partial charge in [0.2, 0.25) is 0 Å². The number of aromatic nitrogens is 3. The van der Waals surface area contributed by atoms with Gasteiger partial charge in [0.1, 0.15) is 24.5 Å². The average molecular weight is 390 g/mol. The Morgan fingerprint density at radius 2 is 2.11 bits per heavy atom. The van der Waals surface area contributed by atoms with E-state index >= 15 is 0 Å². The number of rotatable bonds is 5. The van der Waals surface area contributed by atoms with Crippen molar-refractivity contribution < 1.29 is 4.74 Å². The summed E-state index contributed by atoms with van der Waals surface area (Å²) >= 11 is 2.27. The molecule has 0 aliphatic heterocycles. The molecule has 2 heterocycles. The lowest BCUT2D eigenvalue weighted by Gasteiger charge is -2.16. The highest BCUT2D eigenvalue weighted by Crippen LogP contribution is 2.23. The Kier molecular flexibility index (Phi) is 4.46. The molecule has 0 atom stereocenters. The van der Waals surface area contributed by atoms with Crippen LogP contribution in [0.4, 0.5) is 5.82 Å². The van der Waals surface area contributed by atoms with Crippen LogP contribution in [0.5, 0.6) is 0 Å². The van der Waals surface area contributed by atoms with Crippen molar-refractivity contribution in [3.05, 3.63) is 16.1 Å². The quantitative estimate of drug-likeness (QED) is 0.484. The van der Waals surface area contributed by atoms with E-state index in [1.165, 1.54) is 12.4 Å². The highest BCUT2D eigenvalue weighted by atomic mass is 127. The zero-order chi connectivity index (χ0) is 14.0. The van der Waals surface area contributed by atoms with Gasteiger partial charge in [-0.25, -0.2) is 9.97 Å². The van der Waals surface area contributed by atoms with Crippen LogP contribution in [0.25, 0.3) is 11.0 Å². The molecule has 7 heteroatoms. The number of hydrogen-bond acceptors (Lipinski definition) is 4. The smallest absolute Gasteiger partial charge is 0.148 e. The molecule has 2 N–H and O–H groups in total. The average Bonchev–Trinajstić information content (AvgIpc) is 2.62. The van der Waals surface area contributed by atoms with E-state index in [1.807, 2.05) is 10.6 Å². The molecule has 0 unspecified atom stereocenters. The van der Waals surface area contributed by atoms with Crippen LogP contribution < -0.4 is 5.73 Å². The van der Waals surface area contributed by atoms with Crippen molar-refractivity contribution in [1.82, 2.24) is 14.5 Å². The van der Waals surface area contributed by atoms with Crippen LogP contribution in [-0.4, -0.2) is 29.2 Å². The van der Waals surface area contributed by atoms with E-state index < -0.39 is 8.07 Å². The molecule has 0 amide bonds. The van der Waals surface area contributed by atoms with E-state index in [0.29, 0.717) is 12.5 Å². The fourth-order valence-corrected chi connectivity index (χ4v) is 3.14. The van der Waals surface area contributed by atoms with E-state index in [4.69, 9.17) is 10.5 Å². The summed E-state index contributed by atoms with van der Waals surface area (Å²) in [6, 6.07) is 3.16. The standard InChI is InChI=1S/C12H19IN4OSi/c1-19(2,3)5-4-18-8-17-10(13)6-9-11(14)15-7-16-12(9)17/h6-7H,4-5,8H2,1-3H3,(H2,14,15,16). The van der Waals surface area contributed by atoms with Crippen LogP contribution in [-0.2, 0) is 11.5 Å². The van der Waals surface area contributed by atoms with Crippen molar-refractivity contribution in [2.45, 2.75) is 32.4 Å². The van der Waals surface area contributed by atoms with Gasteiger partial charge in [0, 0.05) is 14.7 Å². The molecule has 104 valence electrons. The Morgan fingerprint density at radius 3 is 2.79 bits per heavy atom. The maximum absolute atomic E-state index is 5.85. The van der Waals surface area contributed by atoms with Crippen molar-refractivity contribution in [1.29, 1.82) is 0 Å². The van der Waals surface area contributed by atoms with Gasteiger partial charge in [-0.05, 0) is 34.7 Å². The molecular weight excluding hydrogens is 371 g/mol. The predicted octanol–water partition coefficient (Wildman–Crippen LogP) is 2.93. The number of fused-ring (bicyclic) bond motifs is 1. The summed E-state index contributed by atoms with van der Waals surface area (Å²) in [5, 5.41) is 0.890. The Labute approximate surface area is 127 Å². The molecule has 2 aromatic rings. The normalized spacial score (nSPS) is 12.2. The van der Waals surface area contributed by atoms with Gasteiger partial charge in [-0.15, -0.1) is 0 Å². The third kappa shape index (κ3) is 3.66. The molecule has 0 aliphatic rings. The Bertz CT molecular complexity index is 579. The van der Waals surface area contributed by atoms with Gasteiger partial charge in [0.15, 0.2) is 0 Å². The molecule has 2 aromatic heterocycles. The van der Waals surface area contributed by atoms with E-state index in [0.717, 1.165) is 21.3 Å². The van der Waals surface area contributed by atoms with E-state index in [2.05, 4.69) is 52.2 Å². The summed E-state index contributed by atoms with van der Waals surface area (Å²) in [6.07, 6.45) is 1.49. The minimum atomic E-state index is -1.04. The molecule has 0 fully saturated rings. The number of ether oxygens (including phenoxy) is 1. The molecule has 0 aromatic carbocycles. The summed E-state index contributed by atoms with van der Waals surface area (Å²) in [6.45, 7) is 8.35. The third-order valence-corrected chi connectivity index (χ3v) is 5.49. The van der Waals surface area contributed by atoms with Crippen LogP contribution in [0.1, 0.15) is 0 Å². The van der Waals surface area contributed by atoms with Crippen molar-refractivity contribution in [2.24, 2.45) is 0 Å². The maximum Gasteiger partial charge on any atom is 0.148 e. The van der Waals surface area contributed by atoms with Crippen molar-refractivity contribution >= 4 is 47.5 Å². The summed E-state index contributed by atoms with van der Waals surface area (Å²) < 4.78 is 8.86. The van der Waals surface area contributed by atoms with Gasteiger partial charge in [0.05, 0.1) is 9.09 Å². The molecule has 0 spiro atoms. The van der Waals surface area contributed by atoms with Crippen molar-refractivity contribution in [3.8, 4) is 0 Å². The van der Waals surface area contributed by atoms with Crippen LogP contribution in [0.3, 0.4) is 0 Å². The number of halogens is 1. The summed E-state index contributed by atoms with van der Waals surface area (Å²) in [5.74, 6) is 0.517. The Hall–Kier alpha value is -0.673. The molecule has 0 radical (unpaired) electrons. The Balaban J connectivity index is 2.09. The number of nitrogen functional groups attached to an aromatic ring is 1. The second kappa shape index (κ2) is 5.76. The molecule has 5 nitrogen and oxygen atoms in total. The molecule has 19 heavy (non-hydrogen) atoms. The maximum atomic E-state index is 5.85. The Morgan fingerprint density at radius 1 is 1.37 bits per heavy atom. The lowest BCUT2D eigenvalue weighted by Crippen LogP contribution is -2.22. The first-order valence-electron chi connectivity index (χ1n) is 6.21. The zero-order valence-electron chi connectivity index (χ0n) is 11.5. The highest BCUT2D eigenvalue weighted by molar-refractivity contribution is 14.1. The molecule has 2 rings (SSSR count). The predicted molar refractivity (Wildman–Crippen MR) is 88.8 cm³/mol. The molecular formula is C12H19IN4OSi. The van der Waals surface area contributed by atoms with Crippen LogP contribution >= 0.6 is 22.6 Å². The third-order valence-electron chi connectivity index (χ3n) is 2.89. The van der Waals surface area contributed by atoms with Crippen LogP contribution in [0.15, 0.2) is 12.4 Å². The SMILES string of the molecule is C[Si](C)(C)CCOCn1c(I)cc2c(N)ncnc21. The van der Waals surface area contributed by atoms with E-state index in [1.54, 1.807) is 0 Å². The molecule has 0 aliphatic carbocycles. The van der Waals surface area contributed by atoms with Gasteiger partial charge in [-0.3, -0.25) is 4.57 Å².